The fraction of sp³-hybridized carbons (Fsp3) is 0.462. The molecule has 0 aromatic heterocycles. The van der Waals surface area contributed by atoms with Crippen LogP contribution in [0.5, 0.6) is 0 Å². The Morgan fingerprint density at radius 1 is 1.44 bits per heavy atom. The van der Waals surface area contributed by atoms with E-state index in [4.69, 9.17) is 4.74 Å². The van der Waals surface area contributed by atoms with Crippen molar-refractivity contribution in [3.8, 4) is 0 Å². The summed E-state index contributed by atoms with van der Waals surface area (Å²) < 4.78 is 4.89. The Balaban J connectivity index is 2.52. The van der Waals surface area contributed by atoms with E-state index in [1.54, 1.807) is 18.9 Å². The van der Waals surface area contributed by atoms with Crippen LogP contribution in [0.4, 0.5) is 5.69 Å². The van der Waals surface area contributed by atoms with Crippen molar-refractivity contribution in [3.63, 3.8) is 0 Å². The number of anilines is 1. The molecule has 0 aliphatic rings. The third-order valence-electron chi connectivity index (χ3n) is 2.48. The van der Waals surface area contributed by atoms with Crippen LogP contribution in [0, 0.1) is 0 Å². The molecule has 0 aliphatic carbocycles. The number of hydrogen-bond acceptors (Lipinski definition) is 4. The third kappa shape index (κ3) is 4.58. The maximum absolute atomic E-state index is 11.8. The standard InChI is InChI=1S/C13H20N2O2S/c1-10(13(16)14-8-9-17-2)15-11-6-4-5-7-12(11)18-3/h4-7,10,15H,8-9H2,1-3H3,(H,14,16). The second-order valence-corrected chi connectivity index (χ2v) is 4.70. The molecule has 2 N–H and O–H groups in total. The molecule has 0 heterocycles. The molecule has 0 spiro atoms. The number of hydrogen-bond donors (Lipinski definition) is 2. The number of amides is 1. The van der Waals surface area contributed by atoms with Gasteiger partial charge in [0.05, 0.1) is 6.61 Å². The van der Waals surface area contributed by atoms with Gasteiger partial charge in [0.25, 0.3) is 0 Å². The Kier molecular flexibility index (Phi) is 6.60. The summed E-state index contributed by atoms with van der Waals surface area (Å²) in [5, 5.41) is 6.02. The highest BCUT2D eigenvalue weighted by atomic mass is 32.2. The predicted molar refractivity (Wildman–Crippen MR) is 76.2 cm³/mol. The highest BCUT2D eigenvalue weighted by Crippen LogP contribution is 2.25. The zero-order valence-corrected chi connectivity index (χ0v) is 11.8. The summed E-state index contributed by atoms with van der Waals surface area (Å²) in [6, 6.07) is 7.68. The predicted octanol–water partition coefficient (Wildman–Crippen LogP) is 1.97. The first-order valence-corrected chi connectivity index (χ1v) is 7.07. The molecule has 0 aliphatic heterocycles. The Hall–Kier alpha value is -1.20. The molecule has 4 nitrogen and oxygen atoms in total. The molecule has 1 rings (SSSR count). The Morgan fingerprint density at radius 3 is 2.83 bits per heavy atom. The lowest BCUT2D eigenvalue weighted by Crippen LogP contribution is -2.39. The average molecular weight is 268 g/mol. The lowest BCUT2D eigenvalue weighted by atomic mass is 10.2. The second-order valence-electron chi connectivity index (χ2n) is 3.85. The number of thioether (sulfide) groups is 1. The van der Waals surface area contributed by atoms with Crippen molar-refractivity contribution in [2.24, 2.45) is 0 Å². The van der Waals surface area contributed by atoms with Gasteiger partial charge >= 0.3 is 0 Å². The molecular weight excluding hydrogens is 248 g/mol. The molecule has 0 saturated heterocycles. The van der Waals surface area contributed by atoms with E-state index in [2.05, 4.69) is 10.6 Å². The van der Waals surface area contributed by atoms with E-state index in [0.717, 1.165) is 10.6 Å². The van der Waals surface area contributed by atoms with E-state index in [1.165, 1.54) is 0 Å². The first-order valence-electron chi connectivity index (χ1n) is 5.85. The van der Waals surface area contributed by atoms with E-state index in [9.17, 15) is 4.79 Å². The normalized spacial score (nSPS) is 11.9. The Morgan fingerprint density at radius 2 is 2.17 bits per heavy atom. The number of nitrogens with one attached hydrogen (secondary N) is 2. The fourth-order valence-corrected chi connectivity index (χ4v) is 2.05. The van der Waals surface area contributed by atoms with Crippen molar-refractivity contribution in [3.05, 3.63) is 24.3 Å². The maximum Gasteiger partial charge on any atom is 0.242 e. The molecule has 1 aromatic rings. The van der Waals surface area contributed by atoms with Crippen molar-refractivity contribution >= 4 is 23.4 Å². The SMILES string of the molecule is COCCNC(=O)C(C)Nc1ccccc1SC. The first kappa shape index (κ1) is 14.9. The molecule has 18 heavy (non-hydrogen) atoms. The lowest BCUT2D eigenvalue weighted by Gasteiger charge is -2.17. The van der Waals surface area contributed by atoms with Crippen LogP contribution in [0.1, 0.15) is 6.92 Å². The van der Waals surface area contributed by atoms with Crippen molar-refractivity contribution in [2.75, 3.05) is 31.8 Å². The fourth-order valence-electron chi connectivity index (χ4n) is 1.49. The number of benzene rings is 1. The van der Waals surface area contributed by atoms with Crippen LogP contribution in [0.15, 0.2) is 29.2 Å². The van der Waals surface area contributed by atoms with Crippen molar-refractivity contribution in [1.29, 1.82) is 0 Å². The van der Waals surface area contributed by atoms with Gasteiger partial charge in [0, 0.05) is 24.2 Å². The van der Waals surface area contributed by atoms with Crippen LogP contribution in [0.3, 0.4) is 0 Å². The second kappa shape index (κ2) is 8.00. The maximum atomic E-state index is 11.8. The first-order chi connectivity index (χ1) is 8.69. The summed E-state index contributed by atoms with van der Waals surface area (Å²) in [7, 11) is 1.61. The van der Waals surface area contributed by atoms with E-state index in [1.807, 2.05) is 37.4 Å². The van der Waals surface area contributed by atoms with Gasteiger partial charge in [-0.05, 0) is 25.3 Å². The minimum absolute atomic E-state index is 0.0250. The van der Waals surface area contributed by atoms with Gasteiger partial charge in [-0.1, -0.05) is 12.1 Å². The molecule has 5 heteroatoms. The molecule has 1 amide bonds. The van der Waals surface area contributed by atoms with Gasteiger partial charge in [0.1, 0.15) is 6.04 Å². The van der Waals surface area contributed by atoms with Gasteiger partial charge in [-0.15, -0.1) is 11.8 Å². The van der Waals surface area contributed by atoms with E-state index >= 15 is 0 Å². The number of ether oxygens (including phenoxy) is 1. The molecular formula is C13H20N2O2S. The minimum Gasteiger partial charge on any atom is -0.383 e. The molecule has 100 valence electrons. The van der Waals surface area contributed by atoms with E-state index in [-0.39, 0.29) is 11.9 Å². The van der Waals surface area contributed by atoms with Gasteiger partial charge in [-0.3, -0.25) is 4.79 Å². The molecule has 0 bridgehead atoms. The van der Waals surface area contributed by atoms with Gasteiger partial charge in [0.15, 0.2) is 0 Å². The van der Waals surface area contributed by atoms with Gasteiger partial charge < -0.3 is 15.4 Å². The summed E-state index contributed by atoms with van der Waals surface area (Å²) in [5.74, 6) is -0.0250. The Bertz CT molecular complexity index is 385. The summed E-state index contributed by atoms with van der Waals surface area (Å²) in [6.07, 6.45) is 2.02. The van der Waals surface area contributed by atoms with Gasteiger partial charge in [-0.2, -0.15) is 0 Å². The Labute approximate surface area is 112 Å². The molecule has 0 fully saturated rings. The summed E-state index contributed by atoms with van der Waals surface area (Å²) in [5.41, 5.74) is 0.986. The number of carbonyl (C=O) groups excluding carboxylic acids is 1. The zero-order valence-electron chi connectivity index (χ0n) is 11.0. The van der Waals surface area contributed by atoms with Crippen LogP contribution < -0.4 is 10.6 Å². The highest BCUT2D eigenvalue weighted by Gasteiger charge is 2.13. The largest absolute Gasteiger partial charge is 0.383 e. The molecule has 0 saturated carbocycles. The quantitative estimate of drug-likeness (QED) is 0.586. The van der Waals surface area contributed by atoms with E-state index in [0.29, 0.717) is 13.2 Å². The van der Waals surface area contributed by atoms with Crippen molar-refractivity contribution < 1.29 is 9.53 Å². The van der Waals surface area contributed by atoms with Crippen LogP contribution in [-0.2, 0) is 9.53 Å². The van der Waals surface area contributed by atoms with Crippen molar-refractivity contribution in [2.45, 2.75) is 17.9 Å². The van der Waals surface area contributed by atoms with Crippen LogP contribution >= 0.6 is 11.8 Å². The number of carbonyl (C=O) groups is 1. The van der Waals surface area contributed by atoms with E-state index < -0.39 is 0 Å². The zero-order chi connectivity index (χ0) is 13.4. The molecule has 0 radical (unpaired) electrons. The monoisotopic (exact) mass is 268 g/mol. The summed E-state index contributed by atoms with van der Waals surface area (Å²) in [6.45, 7) is 2.91. The molecule has 1 aromatic carbocycles. The number of methoxy groups -OCH3 is 1. The van der Waals surface area contributed by atoms with Crippen LogP contribution in [0.25, 0.3) is 0 Å². The summed E-state index contributed by atoms with van der Waals surface area (Å²) in [4.78, 5) is 12.9. The number of rotatable bonds is 7. The average Bonchev–Trinajstić information content (AvgIpc) is 2.39. The van der Waals surface area contributed by atoms with Gasteiger partial charge in [0.2, 0.25) is 5.91 Å². The van der Waals surface area contributed by atoms with Crippen LogP contribution in [0.2, 0.25) is 0 Å². The minimum atomic E-state index is -0.268. The smallest absolute Gasteiger partial charge is 0.242 e. The highest BCUT2D eigenvalue weighted by molar-refractivity contribution is 7.98. The third-order valence-corrected chi connectivity index (χ3v) is 3.27. The summed E-state index contributed by atoms with van der Waals surface area (Å²) >= 11 is 1.66. The number of para-hydroxylation sites is 1. The molecule has 1 unspecified atom stereocenters. The van der Waals surface area contributed by atoms with Crippen LogP contribution in [-0.4, -0.2) is 38.5 Å². The lowest BCUT2D eigenvalue weighted by molar-refractivity contribution is -0.121. The molecule has 1 atom stereocenters. The van der Waals surface area contributed by atoms with Gasteiger partial charge in [-0.25, -0.2) is 0 Å². The topological polar surface area (TPSA) is 50.4 Å². The van der Waals surface area contributed by atoms with Crippen molar-refractivity contribution in [1.82, 2.24) is 5.32 Å².